The van der Waals surface area contributed by atoms with Gasteiger partial charge in [-0.05, 0) is 49.1 Å². The van der Waals surface area contributed by atoms with Gasteiger partial charge >= 0.3 is 5.97 Å². The molecule has 1 aliphatic rings. The SMILES string of the molecule is Cc1ccsc1C(=O)N1CCC[C@H](CCC(=O)O)C1. The summed E-state index contributed by atoms with van der Waals surface area (Å²) in [5, 5.41) is 10.7. The maximum atomic E-state index is 12.4. The quantitative estimate of drug-likeness (QED) is 0.923. The Hall–Kier alpha value is -1.36. The topological polar surface area (TPSA) is 57.6 Å². The number of hydrogen-bond donors (Lipinski definition) is 1. The van der Waals surface area contributed by atoms with Crippen molar-refractivity contribution in [2.75, 3.05) is 13.1 Å². The lowest BCUT2D eigenvalue weighted by molar-refractivity contribution is -0.137. The van der Waals surface area contributed by atoms with E-state index in [1.165, 1.54) is 11.3 Å². The van der Waals surface area contributed by atoms with Crippen LogP contribution in [0.3, 0.4) is 0 Å². The molecule has 1 aromatic rings. The molecule has 1 atom stereocenters. The van der Waals surface area contributed by atoms with E-state index in [0.29, 0.717) is 18.9 Å². The average Bonchev–Trinajstić information content (AvgIpc) is 2.82. The van der Waals surface area contributed by atoms with E-state index in [1.54, 1.807) is 0 Å². The highest BCUT2D eigenvalue weighted by Gasteiger charge is 2.26. The molecule has 2 rings (SSSR count). The molecule has 1 amide bonds. The third kappa shape index (κ3) is 3.56. The molecule has 0 aromatic carbocycles. The normalized spacial score (nSPS) is 19.4. The van der Waals surface area contributed by atoms with Crippen molar-refractivity contribution in [2.45, 2.75) is 32.6 Å². The van der Waals surface area contributed by atoms with Crippen LogP contribution in [0.1, 0.15) is 40.9 Å². The third-order valence-corrected chi connectivity index (χ3v) is 4.63. The van der Waals surface area contributed by atoms with Gasteiger partial charge < -0.3 is 10.0 Å². The van der Waals surface area contributed by atoms with E-state index < -0.39 is 5.97 Å². The van der Waals surface area contributed by atoms with Crippen molar-refractivity contribution in [3.8, 4) is 0 Å². The second kappa shape index (κ2) is 6.19. The van der Waals surface area contributed by atoms with Gasteiger partial charge in [-0.15, -0.1) is 11.3 Å². The van der Waals surface area contributed by atoms with Crippen LogP contribution in [0.4, 0.5) is 0 Å². The number of piperidine rings is 1. The van der Waals surface area contributed by atoms with Crippen molar-refractivity contribution in [1.82, 2.24) is 4.90 Å². The van der Waals surface area contributed by atoms with Gasteiger partial charge in [0.05, 0.1) is 4.88 Å². The molecule has 1 saturated heterocycles. The Morgan fingerprint density at radius 3 is 2.95 bits per heavy atom. The van der Waals surface area contributed by atoms with Gasteiger partial charge in [0.2, 0.25) is 0 Å². The first kappa shape index (κ1) is 14.1. The van der Waals surface area contributed by atoms with Crippen LogP contribution in [0.15, 0.2) is 11.4 Å². The fourth-order valence-electron chi connectivity index (χ4n) is 2.55. The van der Waals surface area contributed by atoms with Gasteiger partial charge in [-0.2, -0.15) is 0 Å². The first-order chi connectivity index (χ1) is 9.08. The van der Waals surface area contributed by atoms with E-state index in [9.17, 15) is 9.59 Å². The van der Waals surface area contributed by atoms with E-state index in [0.717, 1.165) is 29.8 Å². The molecular formula is C14H19NO3S. The van der Waals surface area contributed by atoms with Gasteiger partial charge in [0.15, 0.2) is 0 Å². The number of aryl methyl sites for hydroxylation is 1. The number of likely N-dealkylation sites (tertiary alicyclic amines) is 1. The minimum atomic E-state index is -0.752. The molecule has 2 heterocycles. The van der Waals surface area contributed by atoms with Gasteiger partial charge in [0.25, 0.3) is 5.91 Å². The number of carboxylic acid groups (broad SMARTS) is 1. The second-order valence-electron chi connectivity index (χ2n) is 5.12. The van der Waals surface area contributed by atoms with Crippen molar-refractivity contribution >= 4 is 23.2 Å². The molecule has 4 nitrogen and oxygen atoms in total. The van der Waals surface area contributed by atoms with Crippen LogP contribution in [-0.2, 0) is 4.79 Å². The Morgan fingerprint density at radius 1 is 1.53 bits per heavy atom. The first-order valence-electron chi connectivity index (χ1n) is 6.63. The lowest BCUT2D eigenvalue weighted by Crippen LogP contribution is -2.40. The smallest absolute Gasteiger partial charge is 0.303 e. The average molecular weight is 281 g/mol. The van der Waals surface area contributed by atoms with E-state index in [4.69, 9.17) is 5.11 Å². The highest BCUT2D eigenvalue weighted by Crippen LogP contribution is 2.25. The van der Waals surface area contributed by atoms with E-state index >= 15 is 0 Å². The lowest BCUT2D eigenvalue weighted by atomic mass is 9.93. The largest absolute Gasteiger partial charge is 0.481 e. The summed E-state index contributed by atoms with van der Waals surface area (Å²) in [6, 6.07) is 1.96. The molecule has 0 spiro atoms. The predicted octanol–water partition coefficient (Wildman–Crippen LogP) is 2.77. The molecule has 0 bridgehead atoms. The highest BCUT2D eigenvalue weighted by atomic mass is 32.1. The Morgan fingerprint density at radius 2 is 2.32 bits per heavy atom. The Balaban J connectivity index is 1.95. The molecule has 0 unspecified atom stereocenters. The van der Waals surface area contributed by atoms with Gasteiger partial charge in [0.1, 0.15) is 0 Å². The number of amides is 1. The Kier molecular flexibility index (Phi) is 4.58. The predicted molar refractivity (Wildman–Crippen MR) is 74.6 cm³/mol. The van der Waals surface area contributed by atoms with Gasteiger partial charge in [-0.1, -0.05) is 0 Å². The lowest BCUT2D eigenvalue weighted by Gasteiger charge is -2.32. The molecule has 1 aliphatic heterocycles. The summed E-state index contributed by atoms with van der Waals surface area (Å²) in [5.41, 5.74) is 1.03. The number of rotatable bonds is 4. The fourth-order valence-corrected chi connectivity index (χ4v) is 3.44. The number of carbonyl (C=O) groups excluding carboxylic acids is 1. The molecule has 1 fully saturated rings. The maximum absolute atomic E-state index is 12.4. The summed E-state index contributed by atoms with van der Waals surface area (Å²) in [5.74, 6) is -0.320. The number of carbonyl (C=O) groups is 2. The summed E-state index contributed by atoms with van der Waals surface area (Å²) in [6.45, 7) is 3.44. The molecule has 1 N–H and O–H groups in total. The summed E-state index contributed by atoms with van der Waals surface area (Å²) in [6.07, 6.45) is 2.87. The second-order valence-corrected chi connectivity index (χ2v) is 6.04. The number of aliphatic carboxylic acids is 1. The van der Waals surface area contributed by atoms with Crippen LogP contribution >= 0.6 is 11.3 Å². The Labute approximate surface area is 117 Å². The van der Waals surface area contributed by atoms with E-state index in [2.05, 4.69) is 0 Å². The van der Waals surface area contributed by atoms with Crippen molar-refractivity contribution in [3.05, 3.63) is 21.9 Å². The van der Waals surface area contributed by atoms with Crippen molar-refractivity contribution < 1.29 is 14.7 Å². The van der Waals surface area contributed by atoms with E-state index in [1.807, 2.05) is 23.3 Å². The van der Waals surface area contributed by atoms with Crippen molar-refractivity contribution in [1.29, 1.82) is 0 Å². The molecule has 0 aliphatic carbocycles. The summed E-state index contributed by atoms with van der Waals surface area (Å²) >= 11 is 1.49. The van der Waals surface area contributed by atoms with E-state index in [-0.39, 0.29) is 12.3 Å². The first-order valence-corrected chi connectivity index (χ1v) is 7.51. The maximum Gasteiger partial charge on any atom is 0.303 e. The van der Waals surface area contributed by atoms with Crippen molar-refractivity contribution in [3.63, 3.8) is 0 Å². The zero-order chi connectivity index (χ0) is 13.8. The Bertz CT molecular complexity index is 469. The molecule has 1 aromatic heterocycles. The van der Waals surface area contributed by atoms with Gasteiger partial charge in [0, 0.05) is 19.5 Å². The molecular weight excluding hydrogens is 262 g/mol. The van der Waals surface area contributed by atoms with Crippen LogP contribution in [0.5, 0.6) is 0 Å². The summed E-state index contributed by atoms with van der Waals surface area (Å²) in [7, 11) is 0. The minimum absolute atomic E-state index is 0.104. The molecule has 5 heteroatoms. The molecule has 0 radical (unpaired) electrons. The van der Waals surface area contributed by atoms with Crippen LogP contribution < -0.4 is 0 Å². The monoisotopic (exact) mass is 281 g/mol. The van der Waals surface area contributed by atoms with Crippen LogP contribution in [0.2, 0.25) is 0 Å². The third-order valence-electron chi connectivity index (χ3n) is 3.63. The standard InChI is InChI=1S/C14H19NO3S/c1-10-6-8-19-13(10)14(18)15-7-2-3-11(9-15)4-5-12(16)17/h6,8,11H,2-5,7,9H2,1H3,(H,16,17)/t11-/m1/s1. The van der Waals surface area contributed by atoms with Crippen LogP contribution in [0, 0.1) is 12.8 Å². The van der Waals surface area contributed by atoms with Gasteiger partial charge in [-0.3, -0.25) is 9.59 Å². The zero-order valence-corrected chi connectivity index (χ0v) is 11.9. The number of thiophene rings is 1. The molecule has 104 valence electrons. The minimum Gasteiger partial charge on any atom is -0.481 e. The number of nitrogens with zero attached hydrogens (tertiary/aromatic N) is 1. The summed E-state index contributed by atoms with van der Waals surface area (Å²) < 4.78 is 0. The van der Waals surface area contributed by atoms with Crippen LogP contribution in [0.25, 0.3) is 0 Å². The molecule has 0 saturated carbocycles. The van der Waals surface area contributed by atoms with Crippen LogP contribution in [-0.4, -0.2) is 35.0 Å². The number of carboxylic acids is 1. The fraction of sp³-hybridized carbons (Fsp3) is 0.571. The molecule has 19 heavy (non-hydrogen) atoms. The zero-order valence-electron chi connectivity index (χ0n) is 11.1. The summed E-state index contributed by atoms with van der Waals surface area (Å²) in [4.78, 5) is 25.7. The number of hydrogen-bond acceptors (Lipinski definition) is 3. The van der Waals surface area contributed by atoms with Crippen molar-refractivity contribution in [2.24, 2.45) is 5.92 Å². The highest BCUT2D eigenvalue weighted by molar-refractivity contribution is 7.12. The van der Waals surface area contributed by atoms with Gasteiger partial charge in [-0.25, -0.2) is 0 Å².